The van der Waals surface area contributed by atoms with Crippen LogP contribution in [0.2, 0.25) is 0 Å². The number of ether oxygens (including phenoxy) is 2. The SMILES string of the molecule is Cc1c(Cc2ccc3c(c2)OCO3)sc(NC(=O)c2ccc(S(=O)(=O)N(C)C)cc2)c1C(N)=O. The molecule has 0 bridgehead atoms. The van der Waals surface area contributed by atoms with Crippen LogP contribution in [-0.2, 0) is 16.4 Å². The number of primary amides is 1. The van der Waals surface area contributed by atoms with Crippen LogP contribution >= 0.6 is 11.3 Å². The van der Waals surface area contributed by atoms with Crippen molar-refractivity contribution in [3.8, 4) is 11.5 Å². The number of thiophene rings is 1. The molecule has 0 spiro atoms. The molecular formula is C23H23N3O6S2. The Balaban J connectivity index is 1.58. The molecule has 2 aromatic carbocycles. The molecule has 0 aliphatic carbocycles. The Hall–Kier alpha value is -3.41. The van der Waals surface area contributed by atoms with E-state index >= 15 is 0 Å². The second-order valence-corrected chi connectivity index (χ2v) is 11.1. The quantitative estimate of drug-likeness (QED) is 0.512. The van der Waals surface area contributed by atoms with Crippen molar-refractivity contribution in [3.63, 3.8) is 0 Å². The molecule has 2 heterocycles. The van der Waals surface area contributed by atoms with Crippen LogP contribution in [0.25, 0.3) is 0 Å². The van der Waals surface area contributed by atoms with Crippen LogP contribution in [0.4, 0.5) is 5.00 Å². The fraction of sp³-hybridized carbons (Fsp3) is 0.217. The molecule has 2 amide bonds. The van der Waals surface area contributed by atoms with E-state index in [2.05, 4.69) is 5.32 Å². The summed E-state index contributed by atoms with van der Waals surface area (Å²) in [6.07, 6.45) is 0.514. The van der Waals surface area contributed by atoms with E-state index in [-0.39, 0.29) is 22.8 Å². The minimum absolute atomic E-state index is 0.0739. The highest BCUT2D eigenvalue weighted by Gasteiger charge is 2.23. The minimum atomic E-state index is -3.61. The average molecular weight is 502 g/mol. The van der Waals surface area contributed by atoms with Gasteiger partial charge in [0.25, 0.3) is 11.8 Å². The minimum Gasteiger partial charge on any atom is -0.454 e. The Morgan fingerprint density at radius 1 is 1.09 bits per heavy atom. The monoisotopic (exact) mass is 501 g/mol. The topological polar surface area (TPSA) is 128 Å². The van der Waals surface area contributed by atoms with Gasteiger partial charge in [0.1, 0.15) is 5.00 Å². The maximum atomic E-state index is 12.8. The fourth-order valence-corrected chi connectivity index (χ4v) is 5.66. The summed E-state index contributed by atoms with van der Waals surface area (Å²) >= 11 is 1.27. The Bertz CT molecular complexity index is 1380. The zero-order valence-electron chi connectivity index (χ0n) is 18.7. The van der Waals surface area contributed by atoms with Gasteiger partial charge in [-0.3, -0.25) is 9.59 Å². The molecule has 1 aromatic heterocycles. The number of hydrogen-bond donors (Lipinski definition) is 2. The molecule has 0 fully saturated rings. The van der Waals surface area contributed by atoms with E-state index in [9.17, 15) is 18.0 Å². The molecule has 4 rings (SSSR count). The number of carbonyl (C=O) groups excluding carboxylic acids is 2. The van der Waals surface area contributed by atoms with Crippen molar-refractivity contribution < 1.29 is 27.5 Å². The van der Waals surface area contributed by atoms with Gasteiger partial charge in [-0.1, -0.05) is 6.07 Å². The van der Waals surface area contributed by atoms with Gasteiger partial charge in [-0.15, -0.1) is 11.3 Å². The zero-order chi connectivity index (χ0) is 24.6. The van der Waals surface area contributed by atoms with Gasteiger partial charge < -0.3 is 20.5 Å². The number of carbonyl (C=O) groups is 2. The Morgan fingerprint density at radius 3 is 2.41 bits per heavy atom. The van der Waals surface area contributed by atoms with E-state index in [0.717, 1.165) is 14.7 Å². The first-order chi connectivity index (χ1) is 16.1. The van der Waals surface area contributed by atoms with E-state index in [1.54, 1.807) is 6.92 Å². The number of rotatable bonds is 7. The largest absolute Gasteiger partial charge is 0.454 e. The summed E-state index contributed by atoms with van der Waals surface area (Å²) in [6.45, 7) is 1.97. The second kappa shape index (κ2) is 9.09. The maximum absolute atomic E-state index is 12.8. The van der Waals surface area contributed by atoms with Crippen LogP contribution < -0.4 is 20.5 Å². The van der Waals surface area contributed by atoms with Gasteiger partial charge >= 0.3 is 0 Å². The summed E-state index contributed by atoms with van der Waals surface area (Å²) in [4.78, 5) is 26.0. The van der Waals surface area contributed by atoms with Crippen molar-refractivity contribution in [2.24, 2.45) is 5.73 Å². The van der Waals surface area contributed by atoms with Crippen molar-refractivity contribution in [2.45, 2.75) is 18.2 Å². The summed E-state index contributed by atoms with van der Waals surface area (Å²) in [5.41, 5.74) is 7.76. The number of anilines is 1. The van der Waals surface area contributed by atoms with Crippen LogP contribution in [0.15, 0.2) is 47.4 Å². The molecule has 1 aliphatic rings. The van der Waals surface area contributed by atoms with E-state index in [4.69, 9.17) is 15.2 Å². The highest BCUT2D eigenvalue weighted by Crippen LogP contribution is 2.37. The summed E-state index contributed by atoms with van der Waals surface area (Å²) in [5.74, 6) is 0.220. The van der Waals surface area contributed by atoms with Crippen molar-refractivity contribution >= 4 is 38.2 Å². The smallest absolute Gasteiger partial charge is 0.256 e. The molecule has 0 atom stereocenters. The molecule has 0 unspecified atom stereocenters. The normalized spacial score (nSPS) is 12.7. The lowest BCUT2D eigenvalue weighted by atomic mass is 10.1. The average Bonchev–Trinajstić information content (AvgIpc) is 3.37. The number of amides is 2. The molecule has 1 aliphatic heterocycles. The van der Waals surface area contributed by atoms with Crippen molar-refractivity contribution in [2.75, 3.05) is 26.2 Å². The molecule has 0 saturated heterocycles. The van der Waals surface area contributed by atoms with E-state index in [0.29, 0.717) is 28.5 Å². The van der Waals surface area contributed by atoms with Crippen LogP contribution in [0.1, 0.15) is 36.7 Å². The van der Waals surface area contributed by atoms with E-state index < -0.39 is 21.8 Å². The molecule has 34 heavy (non-hydrogen) atoms. The van der Waals surface area contributed by atoms with E-state index in [1.165, 1.54) is 49.7 Å². The summed E-state index contributed by atoms with van der Waals surface area (Å²) < 4.78 is 36.3. The first-order valence-electron chi connectivity index (χ1n) is 10.2. The van der Waals surface area contributed by atoms with Crippen molar-refractivity contribution in [1.29, 1.82) is 0 Å². The Labute approximate surface area is 201 Å². The number of hydrogen-bond acceptors (Lipinski definition) is 7. The van der Waals surface area contributed by atoms with Gasteiger partial charge in [-0.25, -0.2) is 12.7 Å². The standard InChI is InChI=1S/C23H23N3O6S2/c1-13-19(11-14-4-9-17-18(10-14)32-12-31-17)33-23(20(13)21(24)27)25-22(28)15-5-7-16(8-6-15)34(29,30)26(2)3/h4-10H,11-12H2,1-3H3,(H2,24,27)(H,25,28). The Kier molecular flexibility index (Phi) is 6.34. The van der Waals surface area contributed by atoms with Gasteiger partial charge in [0, 0.05) is 31.0 Å². The highest BCUT2D eigenvalue weighted by molar-refractivity contribution is 7.89. The number of nitrogens with one attached hydrogen (secondary N) is 1. The Morgan fingerprint density at radius 2 is 1.76 bits per heavy atom. The van der Waals surface area contributed by atoms with Crippen molar-refractivity contribution in [1.82, 2.24) is 4.31 Å². The number of nitrogens with two attached hydrogens (primary N) is 1. The van der Waals surface area contributed by atoms with Gasteiger partial charge in [-0.05, 0) is 54.4 Å². The molecule has 0 saturated carbocycles. The predicted molar refractivity (Wildman–Crippen MR) is 128 cm³/mol. The number of fused-ring (bicyclic) bond motifs is 1. The third-order valence-electron chi connectivity index (χ3n) is 5.42. The van der Waals surface area contributed by atoms with Crippen LogP contribution in [-0.4, -0.2) is 45.4 Å². The molecule has 9 nitrogen and oxygen atoms in total. The lowest BCUT2D eigenvalue weighted by molar-refractivity contribution is 0.100. The van der Waals surface area contributed by atoms with Gasteiger partial charge in [0.2, 0.25) is 16.8 Å². The van der Waals surface area contributed by atoms with Gasteiger partial charge in [0.15, 0.2) is 11.5 Å². The van der Waals surface area contributed by atoms with Gasteiger partial charge in [-0.2, -0.15) is 0 Å². The lowest BCUT2D eigenvalue weighted by Crippen LogP contribution is -2.22. The summed E-state index contributed by atoms with van der Waals surface area (Å²) in [7, 11) is -0.742. The summed E-state index contributed by atoms with van der Waals surface area (Å²) in [5, 5.41) is 3.10. The number of nitrogens with zero attached hydrogens (tertiary/aromatic N) is 1. The molecule has 178 valence electrons. The predicted octanol–water partition coefficient (Wildman–Crippen LogP) is 2.98. The molecule has 3 N–H and O–H groups in total. The highest BCUT2D eigenvalue weighted by atomic mass is 32.2. The lowest BCUT2D eigenvalue weighted by Gasteiger charge is -2.11. The van der Waals surface area contributed by atoms with Crippen molar-refractivity contribution in [3.05, 3.63) is 69.6 Å². The molecule has 11 heteroatoms. The van der Waals surface area contributed by atoms with Crippen LogP contribution in [0.3, 0.4) is 0 Å². The second-order valence-electron chi connectivity index (χ2n) is 7.85. The first-order valence-corrected chi connectivity index (χ1v) is 12.5. The maximum Gasteiger partial charge on any atom is 0.256 e. The first kappa shape index (κ1) is 23.7. The van der Waals surface area contributed by atoms with Crippen LogP contribution in [0.5, 0.6) is 11.5 Å². The fourth-order valence-electron chi connectivity index (χ4n) is 3.51. The van der Waals surface area contributed by atoms with Crippen LogP contribution in [0, 0.1) is 6.92 Å². The zero-order valence-corrected chi connectivity index (χ0v) is 20.4. The summed E-state index contributed by atoms with van der Waals surface area (Å²) in [6, 6.07) is 11.2. The molecule has 0 radical (unpaired) electrons. The van der Waals surface area contributed by atoms with E-state index in [1.807, 2.05) is 18.2 Å². The molecule has 3 aromatic rings. The third-order valence-corrected chi connectivity index (χ3v) is 8.45. The molecular weight excluding hydrogens is 478 g/mol. The number of benzene rings is 2. The van der Waals surface area contributed by atoms with Gasteiger partial charge in [0.05, 0.1) is 10.5 Å². The third kappa shape index (κ3) is 4.49. The number of sulfonamides is 1.